The van der Waals surface area contributed by atoms with Crippen LogP contribution in [0.4, 0.5) is 0 Å². The molecule has 1 heterocycles. The highest BCUT2D eigenvalue weighted by atomic mass is 16.7. The van der Waals surface area contributed by atoms with Crippen molar-refractivity contribution in [2.24, 2.45) is 17.8 Å². The second kappa shape index (κ2) is 10.6. The molecule has 0 radical (unpaired) electrons. The van der Waals surface area contributed by atoms with E-state index in [4.69, 9.17) is 9.47 Å². The van der Waals surface area contributed by atoms with Crippen LogP contribution in [0.2, 0.25) is 0 Å². The van der Waals surface area contributed by atoms with Crippen LogP contribution in [0.3, 0.4) is 0 Å². The van der Waals surface area contributed by atoms with Crippen molar-refractivity contribution in [2.75, 3.05) is 13.2 Å². The summed E-state index contributed by atoms with van der Waals surface area (Å²) in [6.45, 7) is 10.5. The van der Waals surface area contributed by atoms with Gasteiger partial charge in [0.1, 0.15) is 0 Å². The summed E-state index contributed by atoms with van der Waals surface area (Å²) >= 11 is 0. The maximum absolute atomic E-state index is 5.86. The van der Waals surface area contributed by atoms with Crippen molar-refractivity contribution < 1.29 is 9.47 Å². The van der Waals surface area contributed by atoms with Crippen molar-refractivity contribution in [3.05, 3.63) is 0 Å². The summed E-state index contributed by atoms with van der Waals surface area (Å²) in [5, 5.41) is 0. The smallest absolute Gasteiger partial charge is 0.160 e. The van der Waals surface area contributed by atoms with Crippen LogP contribution in [0, 0.1) is 17.8 Å². The van der Waals surface area contributed by atoms with Crippen molar-refractivity contribution in [2.45, 2.75) is 85.4 Å². The van der Waals surface area contributed by atoms with Crippen molar-refractivity contribution in [3.63, 3.8) is 0 Å². The molecular formula is C18H36O2. The number of hydrogen-bond acceptors (Lipinski definition) is 2. The van der Waals surface area contributed by atoms with E-state index in [1.165, 1.54) is 44.9 Å². The Balaban J connectivity index is 0.000000956. The molecule has 0 amide bonds. The van der Waals surface area contributed by atoms with Crippen LogP contribution in [-0.2, 0) is 9.47 Å². The maximum Gasteiger partial charge on any atom is 0.160 e. The van der Waals surface area contributed by atoms with E-state index < -0.39 is 0 Å². The second-order valence-corrected chi connectivity index (χ2v) is 6.26. The summed E-state index contributed by atoms with van der Waals surface area (Å²) in [5.74, 6) is 2.42. The van der Waals surface area contributed by atoms with Crippen LogP contribution < -0.4 is 0 Å². The highest BCUT2D eigenvalue weighted by molar-refractivity contribution is 4.81. The van der Waals surface area contributed by atoms with Gasteiger partial charge in [0.25, 0.3) is 0 Å². The third-order valence-electron chi connectivity index (χ3n) is 4.89. The van der Waals surface area contributed by atoms with E-state index >= 15 is 0 Å². The summed E-state index contributed by atoms with van der Waals surface area (Å²) in [6.07, 6.45) is 10.7. The van der Waals surface area contributed by atoms with Crippen LogP contribution in [0.1, 0.15) is 79.1 Å². The fourth-order valence-corrected chi connectivity index (χ4v) is 3.12. The van der Waals surface area contributed by atoms with E-state index in [9.17, 15) is 0 Å². The number of hydrogen-bond donors (Lipinski definition) is 0. The minimum Gasteiger partial charge on any atom is -0.352 e. The van der Waals surface area contributed by atoms with Gasteiger partial charge in [0.15, 0.2) is 6.29 Å². The van der Waals surface area contributed by atoms with Gasteiger partial charge in [-0.2, -0.15) is 0 Å². The van der Waals surface area contributed by atoms with Gasteiger partial charge in [0.2, 0.25) is 0 Å². The molecule has 2 nitrogen and oxygen atoms in total. The second-order valence-electron chi connectivity index (χ2n) is 6.26. The van der Waals surface area contributed by atoms with E-state index in [0.717, 1.165) is 31.5 Å². The quantitative estimate of drug-likeness (QED) is 0.622. The van der Waals surface area contributed by atoms with Crippen LogP contribution in [0.25, 0.3) is 0 Å². The molecule has 2 heteroatoms. The Labute approximate surface area is 126 Å². The molecule has 0 unspecified atom stereocenters. The largest absolute Gasteiger partial charge is 0.352 e. The maximum atomic E-state index is 5.86. The average molecular weight is 284 g/mol. The SMILES string of the molecule is CC.CC[C@@H](C)CCC[C@H](C1CCC1)C1OCCCO1. The number of ether oxygens (including phenoxy) is 2. The molecule has 2 rings (SSSR count). The number of rotatable bonds is 7. The van der Waals surface area contributed by atoms with E-state index in [1.54, 1.807) is 0 Å². The first-order valence-electron chi connectivity index (χ1n) is 9.04. The fraction of sp³-hybridized carbons (Fsp3) is 1.00. The predicted octanol–water partition coefficient (Wildman–Crippen LogP) is 5.41. The van der Waals surface area contributed by atoms with E-state index in [1.807, 2.05) is 13.8 Å². The van der Waals surface area contributed by atoms with E-state index in [0.29, 0.717) is 5.92 Å². The van der Waals surface area contributed by atoms with Gasteiger partial charge >= 0.3 is 0 Å². The van der Waals surface area contributed by atoms with Crippen LogP contribution in [0.5, 0.6) is 0 Å². The third-order valence-corrected chi connectivity index (χ3v) is 4.89. The van der Waals surface area contributed by atoms with Gasteiger partial charge in [-0.1, -0.05) is 53.4 Å². The molecule has 120 valence electrons. The minimum atomic E-state index is 0.112. The Morgan fingerprint density at radius 2 is 1.65 bits per heavy atom. The monoisotopic (exact) mass is 284 g/mol. The molecule has 0 aromatic rings. The highest BCUT2D eigenvalue weighted by Gasteiger charge is 2.35. The van der Waals surface area contributed by atoms with Crippen molar-refractivity contribution in [1.29, 1.82) is 0 Å². The van der Waals surface area contributed by atoms with E-state index in [2.05, 4.69) is 13.8 Å². The molecule has 0 aromatic heterocycles. The molecule has 0 N–H and O–H groups in total. The van der Waals surface area contributed by atoms with E-state index in [-0.39, 0.29) is 6.29 Å². The zero-order chi connectivity index (χ0) is 14.8. The van der Waals surface area contributed by atoms with Crippen molar-refractivity contribution in [3.8, 4) is 0 Å². The zero-order valence-corrected chi connectivity index (χ0v) is 14.2. The molecule has 0 bridgehead atoms. The van der Waals surface area contributed by atoms with Gasteiger partial charge in [-0.05, 0) is 37.5 Å². The Kier molecular flexibility index (Phi) is 9.54. The summed E-state index contributed by atoms with van der Waals surface area (Å²) in [5.41, 5.74) is 0. The van der Waals surface area contributed by atoms with Gasteiger partial charge in [-0.25, -0.2) is 0 Å². The molecular weight excluding hydrogens is 248 g/mol. The van der Waals surface area contributed by atoms with Crippen molar-refractivity contribution in [1.82, 2.24) is 0 Å². The van der Waals surface area contributed by atoms with Gasteiger partial charge in [-0.3, -0.25) is 0 Å². The van der Waals surface area contributed by atoms with Crippen molar-refractivity contribution >= 4 is 0 Å². The first kappa shape index (κ1) is 18.0. The lowest BCUT2D eigenvalue weighted by Crippen LogP contribution is -2.38. The summed E-state index contributed by atoms with van der Waals surface area (Å²) < 4.78 is 11.7. The summed E-state index contributed by atoms with van der Waals surface area (Å²) in [7, 11) is 0. The Hall–Kier alpha value is -0.0800. The lowest BCUT2D eigenvalue weighted by molar-refractivity contribution is -0.219. The summed E-state index contributed by atoms with van der Waals surface area (Å²) in [6, 6.07) is 0. The molecule has 1 aliphatic carbocycles. The fourth-order valence-electron chi connectivity index (χ4n) is 3.12. The molecule has 1 aliphatic heterocycles. The molecule has 2 aliphatic rings. The first-order valence-corrected chi connectivity index (χ1v) is 9.04. The van der Waals surface area contributed by atoms with Gasteiger partial charge in [0, 0.05) is 5.92 Å². The van der Waals surface area contributed by atoms with Gasteiger partial charge < -0.3 is 9.47 Å². The summed E-state index contributed by atoms with van der Waals surface area (Å²) in [4.78, 5) is 0. The Morgan fingerprint density at radius 3 is 2.15 bits per heavy atom. The van der Waals surface area contributed by atoms with Gasteiger partial charge in [0.05, 0.1) is 13.2 Å². The standard InChI is InChI=1S/C16H30O2.C2H6/c1-3-13(2)7-4-10-15(14-8-5-9-14)16-17-11-6-12-18-16;1-2/h13-16H,3-12H2,1-2H3;1-2H3/t13-,15-;/m1./s1. The average Bonchev–Trinajstić information content (AvgIpc) is 2.47. The molecule has 2 fully saturated rings. The van der Waals surface area contributed by atoms with Crippen LogP contribution in [-0.4, -0.2) is 19.5 Å². The molecule has 0 aromatic carbocycles. The zero-order valence-electron chi connectivity index (χ0n) is 14.2. The lowest BCUT2D eigenvalue weighted by Gasteiger charge is -2.40. The third kappa shape index (κ3) is 5.73. The molecule has 1 saturated carbocycles. The predicted molar refractivity (Wildman–Crippen MR) is 85.8 cm³/mol. The molecule has 20 heavy (non-hydrogen) atoms. The first-order chi connectivity index (χ1) is 9.81. The Bertz CT molecular complexity index is 219. The van der Waals surface area contributed by atoms with Crippen LogP contribution >= 0.6 is 0 Å². The highest BCUT2D eigenvalue weighted by Crippen LogP contribution is 2.39. The molecule has 0 spiro atoms. The minimum absolute atomic E-state index is 0.112. The topological polar surface area (TPSA) is 18.5 Å². The molecule has 1 saturated heterocycles. The van der Waals surface area contributed by atoms with Crippen LogP contribution in [0.15, 0.2) is 0 Å². The Morgan fingerprint density at radius 1 is 1.00 bits per heavy atom. The molecule has 2 atom stereocenters. The van der Waals surface area contributed by atoms with Gasteiger partial charge in [-0.15, -0.1) is 0 Å². The normalized spacial score (nSPS) is 23.4. The lowest BCUT2D eigenvalue weighted by atomic mass is 9.73.